The molecule has 3 aromatic rings. The summed E-state index contributed by atoms with van der Waals surface area (Å²) >= 11 is 0.660. The average molecular weight is 510 g/mol. The predicted octanol–water partition coefficient (Wildman–Crippen LogP) is 4.30. The number of halogens is 3. The summed E-state index contributed by atoms with van der Waals surface area (Å²) in [5.41, 5.74) is 0.746. The van der Waals surface area contributed by atoms with Gasteiger partial charge in [0, 0.05) is 28.6 Å². The topological polar surface area (TPSA) is 118 Å². The van der Waals surface area contributed by atoms with Crippen molar-refractivity contribution in [3.05, 3.63) is 58.4 Å². The summed E-state index contributed by atoms with van der Waals surface area (Å²) in [6, 6.07) is 8.23. The highest BCUT2D eigenvalue weighted by Crippen LogP contribution is 2.32. The van der Waals surface area contributed by atoms with Gasteiger partial charge in [-0.15, -0.1) is 0 Å². The molecule has 0 saturated carbocycles. The summed E-state index contributed by atoms with van der Waals surface area (Å²) < 4.78 is 68.3. The van der Waals surface area contributed by atoms with E-state index in [2.05, 4.69) is 14.7 Å². The third-order valence-corrected chi connectivity index (χ3v) is 7.10. The molecular formula is C21H18F3N5O3S2. The van der Waals surface area contributed by atoms with Gasteiger partial charge in [-0.3, -0.25) is 10.1 Å². The summed E-state index contributed by atoms with van der Waals surface area (Å²) in [5, 5.41) is 11.3. The molecule has 13 heteroatoms. The molecule has 0 saturated heterocycles. The van der Waals surface area contributed by atoms with Gasteiger partial charge in [0.15, 0.2) is 0 Å². The van der Waals surface area contributed by atoms with Crippen molar-refractivity contribution in [2.45, 2.75) is 32.1 Å². The molecule has 0 unspecified atom stereocenters. The van der Waals surface area contributed by atoms with Crippen LogP contribution in [-0.2, 0) is 20.8 Å². The van der Waals surface area contributed by atoms with E-state index in [0.717, 1.165) is 12.1 Å². The lowest BCUT2D eigenvalue weighted by molar-refractivity contribution is -0.137. The second-order valence-electron chi connectivity index (χ2n) is 7.12. The summed E-state index contributed by atoms with van der Waals surface area (Å²) in [6.45, 7) is 4.77. The number of nitriles is 1. The van der Waals surface area contributed by atoms with E-state index in [-0.39, 0.29) is 22.1 Å². The van der Waals surface area contributed by atoms with Crippen LogP contribution in [0.4, 0.5) is 18.3 Å². The van der Waals surface area contributed by atoms with Crippen molar-refractivity contribution >= 4 is 38.5 Å². The second kappa shape index (κ2) is 9.40. The standard InChI is InChI=1S/C21H18F3N5O3S2/c1-4-34(31,32)20-27-19(33-28-20)26-18(30)15(11-25)9-14-8-12(2)29(13(14)3)17-7-5-6-16(10-17)21(22,23)24/h5-10H,4H2,1-3H3,(H,26,27,28,30)/b15-9-. The average Bonchev–Trinajstić information content (AvgIpc) is 3.35. The second-order valence-corrected chi connectivity index (χ2v) is 10.0. The highest BCUT2D eigenvalue weighted by Gasteiger charge is 2.30. The Morgan fingerprint density at radius 2 is 2.00 bits per heavy atom. The van der Waals surface area contributed by atoms with Gasteiger partial charge in [0.25, 0.3) is 11.1 Å². The van der Waals surface area contributed by atoms with E-state index < -0.39 is 32.6 Å². The van der Waals surface area contributed by atoms with Crippen LogP contribution in [0, 0.1) is 25.2 Å². The fraction of sp³-hybridized carbons (Fsp3) is 0.238. The fourth-order valence-corrected chi connectivity index (χ4v) is 4.72. The zero-order valence-corrected chi connectivity index (χ0v) is 19.8. The first-order valence-electron chi connectivity index (χ1n) is 9.73. The van der Waals surface area contributed by atoms with Crippen LogP contribution in [0.15, 0.2) is 41.1 Å². The lowest BCUT2D eigenvalue weighted by Crippen LogP contribution is -2.14. The summed E-state index contributed by atoms with van der Waals surface area (Å²) in [7, 11) is -3.65. The number of carbonyl (C=O) groups is 1. The normalized spacial score (nSPS) is 12.4. The van der Waals surface area contributed by atoms with Crippen molar-refractivity contribution in [1.29, 1.82) is 5.26 Å². The van der Waals surface area contributed by atoms with Crippen LogP contribution in [0.1, 0.15) is 29.4 Å². The van der Waals surface area contributed by atoms with Crippen LogP contribution in [0.25, 0.3) is 11.8 Å². The van der Waals surface area contributed by atoms with Gasteiger partial charge in [-0.1, -0.05) is 13.0 Å². The lowest BCUT2D eigenvalue weighted by Gasteiger charge is -2.13. The van der Waals surface area contributed by atoms with Gasteiger partial charge in [0.1, 0.15) is 11.6 Å². The minimum absolute atomic E-state index is 0.0902. The third kappa shape index (κ3) is 5.18. The number of hydrogen-bond acceptors (Lipinski definition) is 7. The number of nitrogens with zero attached hydrogens (tertiary/aromatic N) is 4. The quantitative estimate of drug-likeness (QED) is 0.391. The van der Waals surface area contributed by atoms with Crippen LogP contribution in [0.2, 0.25) is 0 Å². The number of benzene rings is 1. The minimum Gasteiger partial charge on any atom is -0.318 e. The summed E-state index contributed by atoms with van der Waals surface area (Å²) in [6.07, 6.45) is -3.20. The Balaban J connectivity index is 1.92. The Morgan fingerprint density at radius 3 is 2.62 bits per heavy atom. The molecule has 1 N–H and O–H groups in total. The number of hydrogen-bond donors (Lipinski definition) is 1. The van der Waals surface area contributed by atoms with Gasteiger partial charge in [0.2, 0.25) is 15.0 Å². The number of aryl methyl sites for hydroxylation is 1. The van der Waals surface area contributed by atoms with Crippen molar-refractivity contribution in [1.82, 2.24) is 13.9 Å². The zero-order valence-electron chi connectivity index (χ0n) is 18.1. The Kier molecular flexibility index (Phi) is 6.94. The first-order valence-corrected chi connectivity index (χ1v) is 12.2. The first kappa shape index (κ1) is 25.1. The van der Waals surface area contributed by atoms with Gasteiger partial charge in [-0.2, -0.15) is 27.8 Å². The Hall–Kier alpha value is -3.50. The molecule has 0 aliphatic heterocycles. The van der Waals surface area contributed by atoms with E-state index in [1.54, 1.807) is 30.6 Å². The molecule has 0 atom stereocenters. The molecule has 34 heavy (non-hydrogen) atoms. The molecule has 0 spiro atoms. The Bertz CT molecular complexity index is 1430. The van der Waals surface area contributed by atoms with E-state index in [1.807, 2.05) is 0 Å². The summed E-state index contributed by atoms with van der Waals surface area (Å²) in [4.78, 5) is 16.3. The van der Waals surface area contributed by atoms with Gasteiger partial charge in [0.05, 0.1) is 11.3 Å². The molecule has 1 aromatic carbocycles. The lowest BCUT2D eigenvalue weighted by atomic mass is 10.1. The minimum atomic E-state index is -4.50. The van der Waals surface area contributed by atoms with E-state index >= 15 is 0 Å². The first-order chi connectivity index (χ1) is 15.9. The highest BCUT2D eigenvalue weighted by atomic mass is 32.2. The van der Waals surface area contributed by atoms with Gasteiger partial charge in [-0.25, -0.2) is 8.42 Å². The molecule has 0 fully saturated rings. The molecule has 3 rings (SSSR count). The van der Waals surface area contributed by atoms with Crippen molar-refractivity contribution in [2.75, 3.05) is 11.1 Å². The van der Waals surface area contributed by atoms with Crippen LogP contribution in [0.5, 0.6) is 0 Å². The molecule has 0 radical (unpaired) electrons. The third-order valence-electron chi connectivity index (χ3n) is 4.85. The molecule has 0 aliphatic rings. The molecule has 178 valence electrons. The number of rotatable bonds is 6. The number of aromatic nitrogens is 3. The smallest absolute Gasteiger partial charge is 0.318 e. The van der Waals surface area contributed by atoms with Crippen LogP contribution >= 0.6 is 11.5 Å². The van der Waals surface area contributed by atoms with E-state index in [0.29, 0.717) is 28.5 Å². The number of alkyl halides is 3. The van der Waals surface area contributed by atoms with Crippen LogP contribution < -0.4 is 5.32 Å². The van der Waals surface area contributed by atoms with E-state index in [1.165, 1.54) is 25.1 Å². The van der Waals surface area contributed by atoms with Crippen molar-refractivity contribution < 1.29 is 26.4 Å². The maximum atomic E-state index is 13.1. The zero-order chi connectivity index (χ0) is 25.3. The van der Waals surface area contributed by atoms with Crippen LogP contribution in [-0.4, -0.2) is 34.0 Å². The molecule has 0 bridgehead atoms. The number of sulfone groups is 1. The number of amides is 1. The molecule has 0 aliphatic carbocycles. The monoisotopic (exact) mass is 509 g/mol. The highest BCUT2D eigenvalue weighted by molar-refractivity contribution is 7.91. The Morgan fingerprint density at radius 1 is 1.29 bits per heavy atom. The summed E-state index contributed by atoms with van der Waals surface area (Å²) in [5.74, 6) is -1.04. The number of anilines is 1. The van der Waals surface area contributed by atoms with Gasteiger partial charge in [-0.05, 0) is 49.8 Å². The van der Waals surface area contributed by atoms with Gasteiger partial charge >= 0.3 is 6.18 Å². The van der Waals surface area contributed by atoms with Crippen molar-refractivity contribution in [3.8, 4) is 11.8 Å². The SMILES string of the molecule is CCS(=O)(=O)c1nsc(NC(=O)/C(C#N)=C\c2cc(C)n(-c3cccc(C(F)(F)F)c3)c2C)n1. The predicted molar refractivity (Wildman–Crippen MR) is 120 cm³/mol. The van der Waals surface area contributed by atoms with Crippen molar-refractivity contribution in [2.24, 2.45) is 0 Å². The van der Waals surface area contributed by atoms with Crippen molar-refractivity contribution in [3.63, 3.8) is 0 Å². The molecule has 1 amide bonds. The fourth-order valence-electron chi connectivity index (χ4n) is 3.14. The van der Waals surface area contributed by atoms with E-state index in [9.17, 15) is 31.6 Å². The Labute approximate surface area is 197 Å². The maximum absolute atomic E-state index is 13.1. The molecule has 2 aromatic heterocycles. The molecular weight excluding hydrogens is 491 g/mol. The largest absolute Gasteiger partial charge is 0.416 e. The molecule has 8 nitrogen and oxygen atoms in total. The maximum Gasteiger partial charge on any atom is 0.416 e. The number of carbonyl (C=O) groups excluding carboxylic acids is 1. The van der Waals surface area contributed by atoms with Gasteiger partial charge < -0.3 is 4.57 Å². The molecule has 2 heterocycles. The van der Waals surface area contributed by atoms with E-state index in [4.69, 9.17) is 0 Å². The number of nitrogens with one attached hydrogen (secondary N) is 1. The van der Waals surface area contributed by atoms with Crippen LogP contribution in [0.3, 0.4) is 0 Å².